The van der Waals surface area contributed by atoms with Crippen molar-refractivity contribution in [3.8, 4) is 0 Å². The molecule has 0 unspecified atom stereocenters. The number of aryl methyl sites for hydroxylation is 1. The van der Waals surface area contributed by atoms with Crippen LogP contribution in [0.15, 0.2) is 18.2 Å². The highest BCUT2D eigenvalue weighted by atomic mass is 16.6. The Bertz CT molecular complexity index is 449. The minimum absolute atomic E-state index is 0.175. The number of hydrogen-bond acceptors (Lipinski definition) is 3. The summed E-state index contributed by atoms with van der Waals surface area (Å²) in [6, 6.07) is 5.16. The van der Waals surface area contributed by atoms with Gasteiger partial charge in [0.2, 0.25) is 0 Å². The highest BCUT2D eigenvalue weighted by Crippen LogP contribution is 2.30. The molecule has 0 radical (unpaired) electrons. The number of nitro groups is 1. The van der Waals surface area contributed by atoms with Crippen LogP contribution in [-0.2, 0) is 0 Å². The van der Waals surface area contributed by atoms with Crippen LogP contribution in [0.4, 0.5) is 11.4 Å². The van der Waals surface area contributed by atoms with Crippen molar-refractivity contribution < 1.29 is 4.92 Å². The van der Waals surface area contributed by atoms with E-state index >= 15 is 0 Å². The summed E-state index contributed by atoms with van der Waals surface area (Å²) in [5, 5.41) is 10.7. The standard InChI is InChI=1S/C14H20N2O2/c1-10-6-11(2)9-15(8-10)14-5-4-13(16(17)18)7-12(14)3/h4-5,7,10-11H,6,8-9H2,1-3H3/t10-,11-/m1/s1. The normalized spacial score (nSPS) is 24.1. The largest absolute Gasteiger partial charge is 0.371 e. The van der Waals surface area contributed by atoms with Gasteiger partial charge >= 0.3 is 0 Å². The van der Waals surface area contributed by atoms with Crippen LogP contribution in [-0.4, -0.2) is 18.0 Å². The lowest BCUT2D eigenvalue weighted by atomic mass is 9.91. The molecule has 0 amide bonds. The highest BCUT2D eigenvalue weighted by molar-refractivity contribution is 5.57. The van der Waals surface area contributed by atoms with E-state index in [2.05, 4.69) is 18.7 Å². The molecule has 0 aromatic heterocycles. The van der Waals surface area contributed by atoms with Gasteiger partial charge < -0.3 is 4.90 Å². The average Bonchev–Trinajstić information content (AvgIpc) is 2.27. The van der Waals surface area contributed by atoms with Crippen LogP contribution in [0.2, 0.25) is 0 Å². The molecule has 0 saturated carbocycles. The van der Waals surface area contributed by atoms with E-state index in [4.69, 9.17) is 0 Å². The number of hydrogen-bond donors (Lipinski definition) is 0. The van der Waals surface area contributed by atoms with Crippen molar-refractivity contribution in [2.45, 2.75) is 27.2 Å². The molecule has 2 rings (SSSR count). The predicted octanol–water partition coefficient (Wildman–Crippen LogP) is 3.39. The molecule has 1 aliphatic heterocycles. The van der Waals surface area contributed by atoms with Gasteiger partial charge in [-0.2, -0.15) is 0 Å². The quantitative estimate of drug-likeness (QED) is 0.595. The Kier molecular flexibility index (Phi) is 3.55. The van der Waals surface area contributed by atoms with Crippen LogP contribution in [0.3, 0.4) is 0 Å². The van der Waals surface area contributed by atoms with Gasteiger partial charge in [0.05, 0.1) is 4.92 Å². The zero-order chi connectivity index (χ0) is 13.3. The molecule has 0 aliphatic carbocycles. The topological polar surface area (TPSA) is 46.4 Å². The Morgan fingerprint density at radius 2 is 1.89 bits per heavy atom. The number of benzene rings is 1. The van der Waals surface area contributed by atoms with Crippen LogP contribution in [0.5, 0.6) is 0 Å². The van der Waals surface area contributed by atoms with Crippen LogP contribution in [0.25, 0.3) is 0 Å². The summed E-state index contributed by atoms with van der Waals surface area (Å²) in [6.45, 7) is 8.57. The number of nitro benzene ring substituents is 1. The van der Waals surface area contributed by atoms with Gasteiger partial charge in [0, 0.05) is 30.9 Å². The highest BCUT2D eigenvalue weighted by Gasteiger charge is 2.23. The minimum atomic E-state index is -0.335. The van der Waals surface area contributed by atoms with Crippen LogP contribution >= 0.6 is 0 Å². The van der Waals surface area contributed by atoms with Crippen molar-refractivity contribution in [1.29, 1.82) is 0 Å². The lowest BCUT2D eigenvalue weighted by molar-refractivity contribution is -0.384. The second kappa shape index (κ2) is 4.96. The number of non-ortho nitro benzene ring substituents is 1. The molecular formula is C14H20N2O2. The van der Waals surface area contributed by atoms with Crippen LogP contribution in [0, 0.1) is 28.9 Å². The van der Waals surface area contributed by atoms with Crippen LogP contribution in [0.1, 0.15) is 25.8 Å². The van der Waals surface area contributed by atoms with E-state index in [1.165, 1.54) is 6.42 Å². The van der Waals surface area contributed by atoms with Gasteiger partial charge in [-0.3, -0.25) is 10.1 Å². The van der Waals surface area contributed by atoms with E-state index < -0.39 is 0 Å². The van der Waals surface area contributed by atoms with Crippen molar-refractivity contribution in [2.24, 2.45) is 11.8 Å². The first kappa shape index (κ1) is 12.9. The van der Waals surface area contributed by atoms with Gasteiger partial charge in [0.25, 0.3) is 5.69 Å². The Morgan fingerprint density at radius 1 is 1.28 bits per heavy atom. The Labute approximate surface area is 108 Å². The SMILES string of the molecule is Cc1cc([N+](=O)[O-])ccc1N1C[C@H](C)C[C@@H](C)C1. The summed E-state index contributed by atoms with van der Waals surface area (Å²) in [5.41, 5.74) is 2.30. The van der Waals surface area contributed by atoms with E-state index in [0.717, 1.165) is 24.3 Å². The fourth-order valence-corrected chi connectivity index (χ4v) is 2.97. The van der Waals surface area contributed by atoms with E-state index in [1.807, 2.05) is 13.0 Å². The van der Waals surface area contributed by atoms with Crippen LogP contribution < -0.4 is 4.90 Å². The third kappa shape index (κ3) is 2.63. The fourth-order valence-electron chi connectivity index (χ4n) is 2.97. The lowest BCUT2D eigenvalue weighted by Gasteiger charge is -2.37. The summed E-state index contributed by atoms with van der Waals surface area (Å²) in [7, 11) is 0. The molecule has 1 aromatic carbocycles. The number of rotatable bonds is 2. The van der Waals surface area contributed by atoms with Gasteiger partial charge in [0.15, 0.2) is 0 Å². The molecule has 4 nitrogen and oxygen atoms in total. The molecule has 98 valence electrons. The second-order valence-electron chi connectivity index (χ2n) is 5.58. The molecule has 0 spiro atoms. The summed E-state index contributed by atoms with van der Waals surface area (Å²) >= 11 is 0. The van der Waals surface area contributed by atoms with E-state index in [0.29, 0.717) is 11.8 Å². The molecule has 1 aromatic rings. The number of anilines is 1. The van der Waals surface area contributed by atoms with E-state index in [1.54, 1.807) is 12.1 Å². The minimum Gasteiger partial charge on any atom is -0.371 e. The van der Waals surface area contributed by atoms with Crippen molar-refractivity contribution in [3.05, 3.63) is 33.9 Å². The fraction of sp³-hybridized carbons (Fsp3) is 0.571. The number of nitrogens with zero attached hydrogens (tertiary/aromatic N) is 2. The third-order valence-electron chi connectivity index (χ3n) is 3.60. The zero-order valence-electron chi connectivity index (χ0n) is 11.2. The molecule has 0 N–H and O–H groups in total. The van der Waals surface area contributed by atoms with Gasteiger partial charge in [-0.25, -0.2) is 0 Å². The maximum atomic E-state index is 10.7. The van der Waals surface area contributed by atoms with E-state index in [-0.39, 0.29) is 10.6 Å². The maximum Gasteiger partial charge on any atom is 0.269 e. The summed E-state index contributed by atoms with van der Waals surface area (Å²) in [5.74, 6) is 1.37. The molecule has 4 heteroatoms. The average molecular weight is 248 g/mol. The van der Waals surface area contributed by atoms with Crippen molar-refractivity contribution in [2.75, 3.05) is 18.0 Å². The molecule has 1 saturated heterocycles. The first-order valence-corrected chi connectivity index (χ1v) is 6.47. The van der Waals surface area contributed by atoms with Crippen molar-refractivity contribution in [1.82, 2.24) is 0 Å². The first-order valence-electron chi connectivity index (χ1n) is 6.47. The third-order valence-corrected chi connectivity index (χ3v) is 3.60. The lowest BCUT2D eigenvalue weighted by Crippen LogP contribution is -2.39. The van der Waals surface area contributed by atoms with E-state index in [9.17, 15) is 10.1 Å². The summed E-state index contributed by atoms with van der Waals surface area (Å²) in [4.78, 5) is 12.8. The number of piperidine rings is 1. The Balaban J connectivity index is 2.25. The predicted molar refractivity (Wildman–Crippen MR) is 73.0 cm³/mol. The first-order chi connectivity index (χ1) is 8.47. The van der Waals surface area contributed by atoms with Crippen molar-refractivity contribution in [3.63, 3.8) is 0 Å². The van der Waals surface area contributed by atoms with Crippen molar-refractivity contribution >= 4 is 11.4 Å². The monoisotopic (exact) mass is 248 g/mol. The second-order valence-corrected chi connectivity index (χ2v) is 5.58. The molecular weight excluding hydrogens is 228 g/mol. The maximum absolute atomic E-state index is 10.7. The summed E-state index contributed by atoms with van der Waals surface area (Å²) < 4.78 is 0. The molecule has 0 bridgehead atoms. The van der Waals surface area contributed by atoms with Gasteiger partial charge in [0.1, 0.15) is 0 Å². The Morgan fingerprint density at radius 3 is 2.39 bits per heavy atom. The van der Waals surface area contributed by atoms with Gasteiger partial charge in [-0.05, 0) is 36.8 Å². The molecule has 1 fully saturated rings. The molecule has 1 heterocycles. The Hall–Kier alpha value is -1.58. The summed E-state index contributed by atoms with van der Waals surface area (Å²) in [6.07, 6.45) is 1.27. The van der Waals surface area contributed by atoms with Gasteiger partial charge in [-0.15, -0.1) is 0 Å². The molecule has 1 aliphatic rings. The molecule has 18 heavy (non-hydrogen) atoms. The zero-order valence-corrected chi connectivity index (χ0v) is 11.2. The smallest absolute Gasteiger partial charge is 0.269 e. The molecule has 2 atom stereocenters. The van der Waals surface area contributed by atoms with Gasteiger partial charge in [-0.1, -0.05) is 13.8 Å².